The van der Waals surface area contributed by atoms with E-state index in [9.17, 15) is 18.0 Å². The molecule has 0 radical (unpaired) electrons. The maximum Gasteiger partial charge on any atom is 0.262 e. The van der Waals surface area contributed by atoms with E-state index in [-0.39, 0.29) is 35.1 Å². The van der Waals surface area contributed by atoms with Crippen molar-refractivity contribution in [2.24, 2.45) is 11.8 Å². The Hall–Kier alpha value is -2.67. The normalized spacial score (nSPS) is 21.3. The summed E-state index contributed by atoms with van der Waals surface area (Å²) in [5.41, 5.74) is 2.72. The minimum absolute atomic E-state index is 0.110. The van der Waals surface area contributed by atoms with Crippen molar-refractivity contribution < 1.29 is 18.0 Å². The zero-order valence-corrected chi connectivity index (χ0v) is 18.7. The average Bonchev–Trinajstić information content (AvgIpc) is 3.00. The molecule has 2 aromatic rings. The molecule has 2 aromatic carbocycles. The maximum absolute atomic E-state index is 13.2. The molecule has 0 aromatic heterocycles. The van der Waals surface area contributed by atoms with Gasteiger partial charge in [0.15, 0.2) is 0 Å². The lowest BCUT2D eigenvalue weighted by molar-refractivity contribution is -0.140. The Morgan fingerprint density at radius 2 is 1.65 bits per heavy atom. The van der Waals surface area contributed by atoms with Gasteiger partial charge in [0.1, 0.15) is 0 Å². The van der Waals surface area contributed by atoms with Gasteiger partial charge in [0.05, 0.1) is 29.0 Å². The van der Waals surface area contributed by atoms with Gasteiger partial charge in [-0.25, -0.2) is 8.42 Å². The number of carbonyl (C=O) groups excluding carboxylic acids is 2. The number of amides is 2. The van der Waals surface area contributed by atoms with E-state index in [0.29, 0.717) is 23.2 Å². The predicted molar refractivity (Wildman–Crippen MR) is 119 cm³/mol. The van der Waals surface area contributed by atoms with Crippen LogP contribution in [0.25, 0.3) is 0 Å². The van der Waals surface area contributed by atoms with Crippen LogP contribution in [0.1, 0.15) is 49.3 Å². The van der Waals surface area contributed by atoms with E-state index in [0.717, 1.165) is 31.2 Å². The summed E-state index contributed by atoms with van der Waals surface area (Å²) in [7, 11) is -3.82. The molecule has 0 bridgehead atoms. The average molecular weight is 441 g/mol. The number of sulfonamides is 1. The predicted octanol–water partition coefficient (Wildman–Crippen LogP) is 4.03. The van der Waals surface area contributed by atoms with Crippen molar-refractivity contribution in [2.75, 3.05) is 4.72 Å². The van der Waals surface area contributed by atoms with Crippen LogP contribution in [0.4, 0.5) is 5.69 Å². The van der Waals surface area contributed by atoms with Gasteiger partial charge < -0.3 is 0 Å². The van der Waals surface area contributed by atoms with Crippen LogP contribution >= 0.6 is 0 Å². The third kappa shape index (κ3) is 4.11. The molecule has 1 aliphatic heterocycles. The molecule has 1 heterocycles. The minimum Gasteiger partial charge on any atom is -0.279 e. The summed E-state index contributed by atoms with van der Waals surface area (Å²) < 4.78 is 29.0. The quantitative estimate of drug-likeness (QED) is 0.688. The molecule has 1 saturated heterocycles. The van der Waals surface area contributed by atoms with Crippen LogP contribution in [0.2, 0.25) is 0 Å². The zero-order chi connectivity index (χ0) is 22.2. The van der Waals surface area contributed by atoms with Crippen molar-refractivity contribution >= 4 is 27.5 Å². The molecule has 1 aliphatic carbocycles. The highest BCUT2D eigenvalue weighted by Crippen LogP contribution is 2.38. The lowest BCUT2D eigenvalue weighted by Crippen LogP contribution is -2.30. The number of fused-ring (bicyclic) bond motifs is 1. The number of anilines is 1. The van der Waals surface area contributed by atoms with E-state index in [1.165, 1.54) is 4.90 Å². The fourth-order valence-corrected chi connectivity index (χ4v) is 6.13. The van der Waals surface area contributed by atoms with Gasteiger partial charge in [-0.1, -0.05) is 50.1 Å². The number of likely N-dealkylation sites (tertiary alicyclic amines) is 1. The number of hydrogen-bond acceptors (Lipinski definition) is 4. The smallest absolute Gasteiger partial charge is 0.262 e. The highest BCUT2D eigenvalue weighted by Gasteiger charge is 2.47. The molecule has 1 saturated carbocycles. The van der Waals surface area contributed by atoms with Crippen molar-refractivity contribution in [3.05, 3.63) is 59.2 Å². The summed E-state index contributed by atoms with van der Waals surface area (Å²) >= 11 is 0. The number of hydrogen-bond donors (Lipinski definition) is 1. The van der Waals surface area contributed by atoms with Crippen LogP contribution in [-0.4, -0.2) is 25.1 Å². The van der Waals surface area contributed by atoms with Gasteiger partial charge in [-0.3, -0.25) is 19.2 Å². The number of carbonyl (C=O) groups is 2. The number of nitrogens with one attached hydrogen (secondary N) is 1. The largest absolute Gasteiger partial charge is 0.279 e. The Morgan fingerprint density at radius 1 is 1.00 bits per heavy atom. The lowest BCUT2D eigenvalue weighted by atomic mass is 9.81. The number of rotatable bonds is 6. The van der Waals surface area contributed by atoms with Crippen LogP contribution in [0.15, 0.2) is 47.4 Å². The Balaban J connectivity index is 1.60. The van der Waals surface area contributed by atoms with Crippen LogP contribution in [0.3, 0.4) is 0 Å². The van der Waals surface area contributed by atoms with Crippen molar-refractivity contribution in [3.8, 4) is 0 Å². The Kier molecular flexibility index (Phi) is 5.88. The first-order valence-corrected chi connectivity index (χ1v) is 12.4. The first kappa shape index (κ1) is 21.6. The van der Waals surface area contributed by atoms with Gasteiger partial charge in [0.2, 0.25) is 11.8 Å². The van der Waals surface area contributed by atoms with Crippen molar-refractivity contribution in [1.82, 2.24) is 4.90 Å². The second-order valence-electron chi connectivity index (χ2n) is 8.48. The molecule has 1 N–H and O–H groups in total. The number of nitrogens with zero attached hydrogens (tertiary/aromatic N) is 1. The van der Waals surface area contributed by atoms with Crippen molar-refractivity contribution in [2.45, 2.75) is 57.4 Å². The van der Waals surface area contributed by atoms with E-state index in [1.807, 2.05) is 19.1 Å². The minimum atomic E-state index is -3.82. The summed E-state index contributed by atoms with van der Waals surface area (Å²) in [6.45, 7) is 3.82. The maximum atomic E-state index is 13.2. The lowest BCUT2D eigenvalue weighted by Gasteiger charge is -2.19. The highest BCUT2D eigenvalue weighted by atomic mass is 32.2. The number of imide groups is 1. The fourth-order valence-electron chi connectivity index (χ4n) is 4.73. The summed E-state index contributed by atoms with van der Waals surface area (Å²) in [6.07, 6.45) is 4.19. The highest BCUT2D eigenvalue weighted by molar-refractivity contribution is 7.92. The summed E-state index contributed by atoms with van der Waals surface area (Å²) in [5, 5.41) is 0. The molecule has 164 valence electrons. The van der Waals surface area contributed by atoms with Gasteiger partial charge in [-0.15, -0.1) is 0 Å². The van der Waals surface area contributed by atoms with Gasteiger partial charge in [-0.05, 0) is 55.0 Å². The molecule has 2 aliphatic rings. The summed E-state index contributed by atoms with van der Waals surface area (Å²) in [4.78, 5) is 27.1. The molecule has 31 heavy (non-hydrogen) atoms. The van der Waals surface area contributed by atoms with Crippen LogP contribution in [-0.2, 0) is 32.6 Å². The summed E-state index contributed by atoms with van der Waals surface area (Å²) in [5.74, 6) is -0.645. The molecule has 4 rings (SSSR count). The van der Waals surface area contributed by atoms with Gasteiger partial charge in [0.25, 0.3) is 10.0 Å². The SMILES string of the molecule is CCc1ccccc1NS(=O)(=O)c1cc(CN2C(=O)[C@H]3CCCC[C@@H]3C2=O)ccc1C. The van der Waals surface area contributed by atoms with E-state index in [2.05, 4.69) is 4.72 Å². The number of aryl methyl sites for hydroxylation is 2. The van der Waals surface area contributed by atoms with E-state index < -0.39 is 10.0 Å². The van der Waals surface area contributed by atoms with Gasteiger partial charge in [-0.2, -0.15) is 0 Å². The molecule has 6 nitrogen and oxygen atoms in total. The molecular weight excluding hydrogens is 412 g/mol. The first-order valence-electron chi connectivity index (χ1n) is 10.9. The molecule has 7 heteroatoms. The summed E-state index contributed by atoms with van der Waals surface area (Å²) in [6, 6.07) is 12.4. The molecule has 2 amide bonds. The number of para-hydroxylation sites is 1. The molecule has 0 spiro atoms. The third-order valence-corrected chi connectivity index (χ3v) is 7.97. The third-order valence-electron chi connectivity index (χ3n) is 6.46. The Bertz CT molecular complexity index is 1100. The molecular formula is C24H28N2O4S. The molecule has 2 atom stereocenters. The zero-order valence-electron chi connectivity index (χ0n) is 17.9. The van der Waals surface area contributed by atoms with E-state index in [1.54, 1.807) is 37.3 Å². The monoisotopic (exact) mass is 440 g/mol. The van der Waals surface area contributed by atoms with Gasteiger partial charge >= 0.3 is 0 Å². The molecule has 0 unspecified atom stereocenters. The van der Waals surface area contributed by atoms with Crippen molar-refractivity contribution in [1.29, 1.82) is 0 Å². The van der Waals surface area contributed by atoms with Crippen LogP contribution in [0.5, 0.6) is 0 Å². The Morgan fingerprint density at radius 3 is 2.29 bits per heavy atom. The number of benzene rings is 2. The van der Waals surface area contributed by atoms with E-state index in [4.69, 9.17) is 0 Å². The topological polar surface area (TPSA) is 83.6 Å². The first-order chi connectivity index (χ1) is 14.8. The fraction of sp³-hybridized carbons (Fsp3) is 0.417. The second kappa shape index (κ2) is 8.46. The Labute approximate surface area is 183 Å². The van der Waals surface area contributed by atoms with Crippen LogP contribution < -0.4 is 4.72 Å². The van der Waals surface area contributed by atoms with Crippen molar-refractivity contribution in [3.63, 3.8) is 0 Å². The van der Waals surface area contributed by atoms with E-state index >= 15 is 0 Å². The molecule has 2 fully saturated rings. The van der Waals surface area contributed by atoms with Gasteiger partial charge in [0, 0.05) is 0 Å². The van der Waals surface area contributed by atoms with Crippen LogP contribution in [0, 0.1) is 18.8 Å². The standard InChI is InChI=1S/C24H28N2O4S/c1-3-18-8-4-7-11-21(18)25-31(29,30)22-14-17(13-12-16(22)2)15-26-23(27)19-9-5-6-10-20(19)24(26)28/h4,7-8,11-14,19-20,25H,3,5-6,9-10,15H2,1-2H3/t19-,20-/m0/s1. The second-order valence-corrected chi connectivity index (χ2v) is 10.1.